The normalized spacial score (nSPS) is 29.7. The number of likely N-dealkylation sites (tertiary alicyclic amines) is 1. The highest BCUT2D eigenvalue weighted by Crippen LogP contribution is 2.55. The van der Waals surface area contributed by atoms with Gasteiger partial charge in [-0.15, -0.1) is 0 Å². The van der Waals surface area contributed by atoms with Gasteiger partial charge < -0.3 is 25.2 Å². The van der Waals surface area contributed by atoms with Crippen LogP contribution in [0.25, 0.3) is 0 Å². The molecule has 3 amide bonds. The molecule has 1 aromatic carbocycles. The van der Waals surface area contributed by atoms with Crippen molar-refractivity contribution in [3.8, 4) is 0 Å². The molecule has 3 fully saturated rings. The first-order valence-electron chi connectivity index (χ1n) is 14.6. The van der Waals surface area contributed by atoms with Crippen molar-refractivity contribution < 1.29 is 19.1 Å². The van der Waals surface area contributed by atoms with E-state index in [0.717, 1.165) is 51.6 Å². The lowest BCUT2D eigenvalue weighted by atomic mass is 9.74. The van der Waals surface area contributed by atoms with E-state index in [1.807, 2.05) is 12.2 Å². The number of hydrogen-bond acceptors (Lipinski definition) is 5. The number of halogens is 1. The molecule has 8 nitrogen and oxygen atoms in total. The molecule has 0 radical (unpaired) electrons. The van der Waals surface area contributed by atoms with Crippen LogP contribution >= 0.6 is 11.6 Å². The first kappa shape index (κ1) is 28.1. The fourth-order valence-corrected chi connectivity index (χ4v) is 7.14. The summed E-state index contributed by atoms with van der Waals surface area (Å²) in [4.78, 5) is 45.7. The van der Waals surface area contributed by atoms with Crippen LogP contribution in [-0.2, 0) is 19.1 Å². The number of ether oxygens (including phenoxy) is 1. The molecule has 1 saturated carbocycles. The molecule has 1 aliphatic carbocycles. The second-order valence-corrected chi connectivity index (χ2v) is 11.9. The number of rotatable bonds is 11. The molecular formula is C30H41ClN4O4. The molecule has 0 aromatic heterocycles. The highest BCUT2D eigenvalue weighted by Gasteiger charge is 2.72. The molecule has 212 valence electrons. The summed E-state index contributed by atoms with van der Waals surface area (Å²) in [7, 11) is 0. The van der Waals surface area contributed by atoms with Gasteiger partial charge in [0.25, 0.3) is 0 Å². The molecule has 5 atom stereocenters. The Morgan fingerprint density at radius 1 is 1.05 bits per heavy atom. The highest BCUT2D eigenvalue weighted by molar-refractivity contribution is 6.30. The van der Waals surface area contributed by atoms with E-state index in [1.165, 1.54) is 6.42 Å². The average molecular weight is 557 g/mol. The van der Waals surface area contributed by atoms with E-state index in [9.17, 15) is 14.4 Å². The topological polar surface area (TPSA) is 91.0 Å². The maximum absolute atomic E-state index is 14.1. The maximum Gasteiger partial charge on any atom is 0.246 e. The summed E-state index contributed by atoms with van der Waals surface area (Å²) in [6.07, 6.45) is 10.5. The lowest BCUT2D eigenvalue weighted by molar-refractivity contribution is -0.141. The summed E-state index contributed by atoms with van der Waals surface area (Å²) in [5.74, 6) is -2.07. The molecule has 3 aliphatic heterocycles. The van der Waals surface area contributed by atoms with E-state index in [4.69, 9.17) is 16.3 Å². The van der Waals surface area contributed by atoms with Gasteiger partial charge in [-0.1, -0.05) is 56.9 Å². The van der Waals surface area contributed by atoms with Gasteiger partial charge in [0.2, 0.25) is 17.7 Å². The largest absolute Gasteiger partial charge is 0.359 e. The Hall–Kier alpha value is -2.42. The fraction of sp³-hybridized carbons (Fsp3) is 0.633. The molecule has 5 rings (SSSR count). The van der Waals surface area contributed by atoms with Crippen molar-refractivity contribution >= 4 is 35.0 Å². The van der Waals surface area contributed by atoms with Crippen molar-refractivity contribution in [3.05, 3.63) is 41.4 Å². The van der Waals surface area contributed by atoms with Gasteiger partial charge in [-0.3, -0.25) is 14.4 Å². The van der Waals surface area contributed by atoms with Crippen LogP contribution in [-0.4, -0.2) is 77.5 Å². The van der Waals surface area contributed by atoms with Gasteiger partial charge in [0.15, 0.2) is 0 Å². The van der Waals surface area contributed by atoms with E-state index in [2.05, 4.69) is 29.4 Å². The average Bonchev–Trinajstić information content (AvgIpc) is 3.56. The fourth-order valence-electron chi connectivity index (χ4n) is 7.01. The van der Waals surface area contributed by atoms with Gasteiger partial charge in [0, 0.05) is 29.8 Å². The standard InChI is InChI=1S/C30H41ClN4O4/c1-3-16-34(17-4-2)18-19-35-26(28(37)33-21-8-6-5-7-9-21)30-15-14-23(39-30)24(25(30)29(35)38)27(36)32-22-12-10-20(31)11-13-22/h10-15,21,23-26H,3-9,16-19H2,1-2H3,(H,32,36)(H,33,37)/t23-,24+,25-,26-,30-/m0/s1. The van der Waals surface area contributed by atoms with E-state index in [0.29, 0.717) is 23.8 Å². The monoisotopic (exact) mass is 556 g/mol. The molecule has 0 unspecified atom stereocenters. The van der Waals surface area contributed by atoms with Gasteiger partial charge in [0.05, 0.1) is 17.9 Å². The second kappa shape index (κ2) is 12.0. The number of nitrogens with zero attached hydrogens (tertiary/aromatic N) is 2. The molecular weight excluding hydrogens is 516 g/mol. The zero-order valence-corrected chi connectivity index (χ0v) is 23.8. The van der Waals surface area contributed by atoms with Gasteiger partial charge >= 0.3 is 0 Å². The lowest BCUT2D eigenvalue weighted by Gasteiger charge is -2.35. The molecule has 3 heterocycles. The summed E-state index contributed by atoms with van der Waals surface area (Å²) >= 11 is 6.01. The van der Waals surface area contributed by atoms with E-state index in [1.54, 1.807) is 29.2 Å². The van der Waals surface area contributed by atoms with Crippen molar-refractivity contribution in [2.75, 3.05) is 31.5 Å². The Kier molecular flexibility index (Phi) is 8.64. The quantitative estimate of drug-likeness (QED) is 0.402. The number of hydrogen-bond donors (Lipinski definition) is 2. The first-order valence-corrected chi connectivity index (χ1v) is 15.0. The molecule has 4 aliphatic rings. The van der Waals surface area contributed by atoms with Gasteiger partial charge in [-0.05, 0) is 63.0 Å². The summed E-state index contributed by atoms with van der Waals surface area (Å²) in [5, 5.41) is 6.77. The van der Waals surface area contributed by atoms with Crippen LogP contribution in [0.4, 0.5) is 5.69 Å². The number of benzene rings is 1. The Morgan fingerprint density at radius 2 is 1.74 bits per heavy atom. The molecule has 1 spiro atoms. The number of anilines is 1. The van der Waals surface area contributed by atoms with E-state index < -0.39 is 29.6 Å². The van der Waals surface area contributed by atoms with Gasteiger partial charge in [-0.2, -0.15) is 0 Å². The molecule has 2 N–H and O–H groups in total. The molecule has 1 aromatic rings. The van der Waals surface area contributed by atoms with Gasteiger partial charge in [0.1, 0.15) is 11.6 Å². The number of nitrogens with one attached hydrogen (secondary N) is 2. The maximum atomic E-state index is 14.1. The lowest BCUT2D eigenvalue weighted by Crippen LogP contribution is -2.57. The van der Waals surface area contributed by atoms with E-state index >= 15 is 0 Å². The summed E-state index contributed by atoms with van der Waals surface area (Å²) < 4.78 is 6.47. The minimum Gasteiger partial charge on any atom is -0.359 e. The SMILES string of the molecule is CCCN(CCC)CCN1C(=O)[C@@H]2[C@H](C(=O)Nc3ccc(Cl)cc3)[C@@H]3C=C[C@@]2(O3)[C@@H]1C(=O)NC1CCCCC1. The summed E-state index contributed by atoms with van der Waals surface area (Å²) in [6, 6.07) is 6.21. The van der Waals surface area contributed by atoms with Crippen molar-refractivity contribution in [3.63, 3.8) is 0 Å². The molecule has 39 heavy (non-hydrogen) atoms. The Labute approximate surface area is 236 Å². The number of amides is 3. The van der Waals surface area contributed by atoms with Crippen LogP contribution in [0.5, 0.6) is 0 Å². The minimum absolute atomic E-state index is 0.113. The van der Waals surface area contributed by atoms with Gasteiger partial charge in [-0.25, -0.2) is 0 Å². The van der Waals surface area contributed by atoms with Crippen LogP contribution in [0.3, 0.4) is 0 Å². The van der Waals surface area contributed by atoms with Crippen molar-refractivity contribution in [2.24, 2.45) is 11.8 Å². The Morgan fingerprint density at radius 3 is 2.41 bits per heavy atom. The van der Waals surface area contributed by atoms with Crippen molar-refractivity contribution in [1.82, 2.24) is 15.1 Å². The van der Waals surface area contributed by atoms with Crippen molar-refractivity contribution in [2.45, 2.75) is 82.6 Å². The van der Waals surface area contributed by atoms with Crippen molar-refractivity contribution in [1.29, 1.82) is 0 Å². The molecule has 2 saturated heterocycles. The summed E-state index contributed by atoms with van der Waals surface area (Å²) in [5.41, 5.74) is -0.531. The second-order valence-electron chi connectivity index (χ2n) is 11.4. The number of fused-ring (bicyclic) bond motifs is 1. The zero-order chi connectivity index (χ0) is 27.6. The third-order valence-corrected chi connectivity index (χ3v) is 8.98. The first-order chi connectivity index (χ1) is 18.9. The molecule has 2 bridgehead atoms. The third-order valence-electron chi connectivity index (χ3n) is 8.73. The van der Waals surface area contributed by atoms with Crippen LogP contribution < -0.4 is 10.6 Å². The van der Waals surface area contributed by atoms with E-state index in [-0.39, 0.29) is 23.8 Å². The zero-order valence-electron chi connectivity index (χ0n) is 23.0. The predicted molar refractivity (Wildman–Crippen MR) is 151 cm³/mol. The highest BCUT2D eigenvalue weighted by atomic mass is 35.5. The third kappa shape index (κ3) is 5.48. The van der Waals surface area contributed by atoms with Crippen LogP contribution in [0.1, 0.15) is 58.8 Å². The Bertz CT molecular complexity index is 1080. The van der Waals surface area contributed by atoms with Crippen LogP contribution in [0, 0.1) is 11.8 Å². The Balaban J connectivity index is 1.41. The van der Waals surface area contributed by atoms with Crippen LogP contribution in [0.2, 0.25) is 5.02 Å². The van der Waals surface area contributed by atoms with Crippen LogP contribution in [0.15, 0.2) is 36.4 Å². The number of carbonyl (C=O) groups is 3. The molecule has 9 heteroatoms. The predicted octanol–water partition coefficient (Wildman–Crippen LogP) is 4.00. The minimum atomic E-state index is -1.14. The smallest absolute Gasteiger partial charge is 0.246 e. The number of carbonyl (C=O) groups excluding carboxylic acids is 3. The summed E-state index contributed by atoms with van der Waals surface area (Å²) in [6.45, 7) is 7.27.